The number of ether oxygens (including phenoxy) is 2. The number of aliphatic hydroxyl groups excluding tert-OH is 2. The minimum absolute atomic E-state index is 0.0861. The maximum absolute atomic E-state index is 10.2. The standard InChI is InChI=1S/C20H27NO4/c1-3-17(13-22)21-12-15-9-10-19(20(11-15)24-2)25-14-18(23)16-7-5-4-6-8-16/h4-11,17-18,21-23H,3,12-14H2,1-2H3/t17-,18+/m1/s1. The number of hydrogen-bond acceptors (Lipinski definition) is 5. The monoisotopic (exact) mass is 345 g/mol. The van der Waals surface area contributed by atoms with E-state index in [0.717, 1.165) is 17.5 Å². The van der Waals surface area contributed by atoms with Gasteiger partial charge in [0, 0.05) is 12.6 Å². The van der Waals surface area contributed by atoms with Crippen LogP contribution in [0.15, 0.2) is 48.5 Å². The summed E-state index contributed by atoms with van der Waals surface area (Å²) in [4.78, 5) is 0. The van der Waals surface area contributed by atoms with E-state index in [1.807, 2.05) is 55.5 Å². The van der Waals surface area contributed by atoms with E-state index < -0.39 is 6.10 Å². The molecule has 2 aromatic rings. The van der Waals surface area contributed by atoms with E-state index in [1.54, 1.807) is 7.11 Å². The molecule has 0 aliphatic heterocycles. The summed E-state index contributed by atoms with van der Waals surface area (Å²) in [5.41, 5.74) is 1.86. The van der Waals surface area contributed by atoms with Gasteiger partial charge in [0.1, 0.15) is 12.7 Å². The highest BCUT2D eigenvalue weighted by atomic mass is 16.5. The lowest BCUT2D eigenvalue weighted by Gasteiger charge is -2.17. The van der Waals surface area contributed by atoms with E-state index in [2.05, 4.69) is 5.32 Å². The Bertz CT molecular complexity index is 629. The molecule has 0 aliphatic carbocycles. The molecule has 0 bridgehead atoms. The lowest BCUT2D eigenvalue weighted by Crippen LogP contribution is -2.31. The summed E-state index contributed by atoms with van der Waals surface area (Å²) in [7, 11) is 1.59. The molecule has 0 spiro atoms. The Kier molecular flexibility index (Phi) is 7.73. The highest BCUT2D eigenvalue weighted by Crippen LogP contribution is 2.29. The third-order valence-electron chi connectivity index (χ3n) is 4.12. The van der Waals surface area contributed by atoms with Gasteiger partial charge in [0.15, 0.2) is 11.5 Å². The van der Waals surface area contributed by atoms with E-state index >= 15 is 0 Å². The van der Waals surface area contributed by atoms with Crippen LogP contribution in [0.2, 0.25) is 0 Å². The molecule has 0 saturated heterocycles. The molecule has 25 heavy (non-hydrogen) atoms. The van der Waals surface area contributed by atoms with Crippen LogP contribution in [0.3, 0.4) is 0 Å². The molecular weight excluding hydrogens is 318 g/mol. The van der Waals surface area contributed by atoms with Crippen LogP contribution in [0.25, 0.3) is 0 Å². The summed E-state index contributed by atoms with van der Waals surface area (Å²) in [5, 5.41) is 22.7. The number of hydrogen-bond donors (Lipinski definition) is 3. The van der Waals surface area contributed by atoms with Crippen molar-refractivity contribution >= 4 is 0 Å². The fourth-order valence-corrected chi connectivity index (χ4v) is 2.48. The Morgan fingerprint density at radius 2 is 1.84 bits per heavy atom. The molecule has 136 valence electrons. The molecule has 0 heterocycles. The van der Waals surface area contributed by atoms with Crippen molar-refractivity contribution in [3.63, 3.8) is 0 Å². The first kappa shape index (κ1) is 19.2. The molecule has 0 aliphatic rings. The van der Waals surface area contributed by atoms with Crippen molar-refractivity contribution in [2.45, 2.75) is 32.0 Å². The maximum atomic E-state index is 10.2. The predicted molar refractivity (Wildman–Crippen MR) is 97.9 cm³/mol. The summed E-state index contributed by atoms with van der Waals surface area (Å²) in [5.74, 6) is 1.21. The third kappa shape index (κ3) is 5.74. The normalized spacial score (nSPS) is 13.3. The average molecular weight is 345 g/mol. The van der Waals surface area contributed by atoms with E-state index in [-0.39, 0.29) is 19.3 Å². The highest BCUT2D eigenvalue weighted by Gasteiger charge is 2.12. The lowest BCUT2D eigenvalue weighted by molar-refractivity contribution is 0.106. The molecule has 0 saturated carbocycles. The van der Waals surface area contributed by atoms with Crippen LogP contribution < -0.4 is 14.8 Å². The van der Waals surface area contributed by atoms with Crippen molar-refractivity contribution in [2.75, 3.05) is 20.3 Å². The number of benzene rings is 2. The van der Waals surface area contributed by atoms with Crippen LogP contribution >= 0.6 is 0 Å². The Hall–Kier alpha value is -2.08. The fraction of sp³-hybridized carbons (Fsp3) is 0.400. The molecular formula is C20H27NO4. The first-order valence-corrected chi connectivity index (χ1v) is 8.54. The van der Waals surface area contributed by atoms with Crippen LogP contribution in [0.5, 0.6) is 11.5 Å². The first-order valence-electron chi connectivity index (χ1n) is 8.54. The number of nitrogens with one attached hydrogen (secondary N) is 1. The van der Waals surface area contributed by atoms with Crippen molar-refractivity contribution in [3.8, 4) is 11.5 Å². The van der Waals surface area contributed by atoms with Gasteiger partial charge in [0.2, 0.25) is 0 Å². The summed E-state index contributed by atoms with van der Waals surface area (Å²) in [6, 6.07) is 15.2. The van der Waals surface area contributed by atoms with Crippen molar-refractivity contribution < 1.29 is 19.7 Å². The van der Waals surface area contributed by atoms with Gasteiger partial charge in [0.05, 0.1) is 13.7 Å². The summed E-state index contributed by atoms with van der Waals surface area (Å²) in [6.45, 7) is 2.94. The van der Waals surface area contributed by atoms with Gasteiger partial charge in [-0.15, -0.1) is 0 Å². The van der Waals surface area contributed by atoms with E-state index in [1.165, 1.54) is 0 Å². The molecule has 0 unspecified atom stereocenters. The minimum Gasteiger partial charge on any atom is -0.493 e. The predicted octanol–water partition coefficient (Wildman–Crippen LogP) is 2.67. The average Bonchev–Trinajstić information content (AvgIpc) is 2.67. The van der Waals surface area contributed by atoms with Crippen LogP contribution in [-0.2, 0) is 6.54 Å². The number of methoxy groups -OCH3 is 1. The molecule has 0 amide bonds. The van der Waals surface area contributed by atoms with Crippen molar-refractivity contribution in [1.82, 2.24) is 5.32 Å². The minimum atomic E-state index is -0.692. The Morgan fingerprint density at radius 3 is 2.48 bits per heavy atom. The van der Waals surface area contributed by atoms with Gasteiger partial charge in [-0.2, -0.15) is 0 Å². The topological polar surface area (TPSA) is 71.0 Å². The highest BCUT2D eigenvalue weighted by molar-refractivity contribution is 5.43. The molecule has 0 radical (unpaired) electrons. The van der Waals surface area contributed by atoms with Crippen LogP contribution in [0.1, 0.15) is 30.6 Å². The fourth-order valence-electron chi connectivity index (χ4n) is 2.48. The second-order valence-electron chi connectivity index (χ2n) is 5.89. The van der Waals surface area contributed by atoms with E-state index in [9.17, 15) is 10.2 Å². The van der Waals surface area contributed by atoms with E-state index in [4.69, 9.17) is 9.47 Å². The zero-order valence-corrected chi connectivity index (χ0v) is 14.8. The Balaban J connectivity index is 1.96. The quantitative estimate of drug-likeness (QED) is 0.618. The summed E-state index contributed by atoms with van der Waals surface area (Å²) < 4.78 is 11.1. The molecule has 3 N–H and O–H groups in total. The molecule has 5 nitrogen and oxygen atoms in total. The van der Waals surface area contributed by atoms with Crippen LogP contribution in [0, 0.1) is 0 Å². The van der Waals surface area contributed by atoms with Gasteiger partial charge < -0.3 is 25.0 Å². The van der Waals surface area contributed by atoms with Crippen LogP contribution in [0.4, 0.5) is 0 Å². The summed E-state index contributed by atoms with van der Waals surface area (Å²) >= 11 is 0. The maximum Gasteiger partial charge on any atom is 0.161 e. The van der Waals surface area contributed by atoms with Gasteiger partial charge >= 0.3 is 0 Å². The van der Waals surface area contributed by atoms with Crippen LogP contribution in [-0.4, -0.2) is 36.6 Å². The zero-order valence-electron chi connectivity index (χ0n) is 14.8. The number of aliphatic hydroxyl groups is 2. The second-order valence-corrected chi connectivity index (χ2v) is 5.89. The Labute approximate surface area is 149 Å². The van der Waals surface area contributed by atoms with Gasteiger partial charge in [-0.25, -0.2) is 0 Å². The molecule has 0 fully saturated rings. The van der Waals surface area contributed by atoms with Gasteiger partial charge in [-0.1, -0.05) is 43.3 Å². The van der Waals surface area contributed by atoms with Crippen molar-refractivity contribution in [2.24, 2.45) is 0 Å². The third-order valence-corrected chi connectivity index (χ3v) is 4.12. The number of rotatable bonds is 10. The van der Waals surface area contributed by atoms with Crippen molar-refractivity contribution in [1.29, 1.82) is 0 Å². The first-order chi connectivity index (χ1) is 12.2. The Morgan fingerprint density at radius 1 is 1.08 bits per heavy atom. The zero-order chi connectivity index (χ0) is 18.1. The smallest absolute Gasteiger partial charge is 0.161 e. The second kappa shape index (κ2) is 10.0. The van der Waals surface area contributed by atoms with Gasteiger partial charge in [-0.05, 0) is 29.7 Å². The molecule has 2 atom stereocenters. The van der Waals surface area contributed by atoms with E-state index in [0.29, 0.717) is 18.0 Å². The lowest BCUT2D eigenvalue weighted by atomic mass is 10.1. The molecule has 0 aromatic heterocycles. The summed E-state index contributed by atoms with van der Waals surface area (Å²) in [6.07, 6.45) is 0.175. The van der Waals surface area contributed by atoms with Crippen molar-refractivity contribution in [3.05, 3.63) is 59.7 Å². The SMILES string of the molecule is CC[C@H](CO)NCc1ccc(OC[C@H](O)c2ccccc2)c(OC)c1. The van der Waals surface area contributed by atoms with Gasteiger partial charge in [-0.3, -0.25) is 0 Å². The van der Waals surface area contributed by atoms with Gasteiger partial charge in [0.25, 0.3) is 0 Å². The molecule has 2 rings (SSSR count). The molecule has 2 aromatic carbocycles. The largest absolute Gasteiger partial charge is 0.493 e. The molecule has 5 heteroatoms.